The van der Waals surface area contributed by atoms with Crippen LogP contribution in [0.15, 0.2) is 30.5 Å². The number of piperidine rings is 1. The van der Waals surface area contributed by atoms with Crippen LogP contribution in [-0.2, 0) is 15.7 Å². The second-order valence-electron chi connectivity index (χ2n) is 8.11. The summed E-state index contributed by atoms with van der Waals surface area (Å²) in [7, 11) is 0. The van der Waals surface area contributed by atoms with Gasteiger partial charge in [-0.2, -0.15) is 18.3 Å². The molecule has 3 heterocycles. The van der Waals surface area contributed by atoms with E-state index in [9.17, 15) is 22.8 Å². The van der Waals surface area contributed by atoms with Gasteiger partial charge in [0.25, 0.3) is 5.91 Å². The molecule has 7 nitrogen and oxygen atoms in total. The van der Waals surface area contributed by atoms with Gasteiger partial charge in [0, 0.05) is 32.1 Å². The summed E-state index contributed by atoms with van der Waals surface area (Å²) >= 11 is 0. The summed E-state index contributed by atoms with van der Waals surface area (Å²) in [5.74, 6) is -0.210. The molecule has 2 saturated heterocycles. The van der Waals surface area contributed by atoms with E-state index in [1.807, 2.05) is 4.90 Å². The number of carbonyl (C=O) groups excluding carboxylic acids is 2. The molecule has 0 atom stereocenters. The molecular formula is C22H25F3N4O3. The number of benzene rings is 1. The van der Waals surface area contributed by atoms with Crippen molar-refractivity contribution in [2.24, 2.45) is 5.92 Å². The summed E-state index contributed by atoms with van der Waals surface area (Å²) in [5.41, 5.74) is 0.289. The van der Waals surface area contributed by atoms with E-state index in [1.54, 1.807) is 11.8 Å². The fourth-order valence-corrected chi connectivity index (χ4v) is 4.24. The average Bonchev–Trinajstić information content (AvgIpc) is 3.19. The van der Waals surface area contributed by atoms with E-state index in [0.29, 0.717) is 63.5 Å². The smallest absolute Gasteiger partial charge is 0.378 e. The van der Waals surface area contributed by atoms with Crippen molar-refractivity contribution in [2.75, 3.05) is 39.4 Å². The molecule has 2 aromatic rings. The molecule has 2 fully saturated rings. The fourth-order valence-electron chi connectivity index (χ4n) is 4.24. The number of likely N-dealkylation sites (tertiary alicyclic amines) is 1. The lowest BCUT2D eigenvalue weighted by molar-refractivity contribution is -0.141. The molecule has 32 heavy (non-hydrogen) atoms. The summed E-state index contributed by atoms with van der Waals surface area (Å²) < 4.78 is 45.8. The third-order valence-electron chi connectivity index (χ3n) is 6.11. The Hall–Kier alpha value is -2.88. The minimum absolute atomic E-state index is 0.105. The number of hydrogen-bond acceptors (Lipinski definition) is 4. The first-order valence-electron chi connectivity index (χ1n) is 10.6. The highest BCUT2D eigenvalue weighted by atomic mass is 19.4. The van der Waals surface area contributed by atoms with E-state index in [4.69, 9.17) is 4.74 Å². The van der Waals surface area contributed by atoms with Crippen molar-refractivity contribution in [2.45, 2.75) is 25.9 Å². The molecule has 1 aromatic heterocycles. The lowest BCUT2D eigenvalue weighted by atomic mass is 9.94. The quantitative estimate of drug-likeness (QED) is 0.721. The number of hydrogen-bond donors (Lipinski definition) is 0. The lowest BCUT2D eigenvalue weighted by Gasteiger charge is -2.35. The summed E-state index contributed by atoms with van der Waals surface area (Å²) in [6.45, 7) is 4.88. The van der Waals surface area contributed by atoms with E-state index in [1.165, 1.54) is 23.0 Å². The summed E-state index contributed by atoms with van der Waals surface area (Å²) in [6.07, 6.45) is -1.90. The largest absolute Gasteiger partial charge is 0.416 e. The molecule has 2 aliphatic rings. The molecule has 0 radical (unpaired) electrons. The maximum atomic E-state index is 13.1. The minimum atomic E-state index is -4.46. The van der Waals surface area contributed by atoms with Gasteiger partial charge in [-0.1, -0.05) is 6.07 Å². The maximum absolute atomic E-state index is 13.1. The second kappa shape index (κ2) is 8.93. The van der Waals surface area contributed by atoms with Gasteiger partial charge in [0.15, 0.2) is 0 Å². The number of nitrogens with zero attached hydrogens (tertiary/aromatic N) is 4. The van der Waals surface area contributed by atoms with Crippen LogP contribution in [0.2, 0.25) is 0 Å². The lowest BCUT2D eigenvalue weighted by Crippen LogP contribution is -2.47. The average molecular weight is 450 g/mol. The molecule has 0 bridgehead atoms. The molecule has 4 rings (SSSR count). The number of alkyl halides is 3. The highest BCUT2D eigenvalue weighted by molar-refractivity contribution is 5.95. The summed E-state index contributed by atoms with van der Waals surface area (Å²) in [6, 6.07) is 4.84. The standard InChI is InChI=1S/C22H25F3N4O3/c1-15-19(14-26-29(15)18-4-2-3-17(13-18)22(23,24)25)21(31)27-7-5-16(6-8-27)20(30)28-9-11-32-12-10-28/h2-4,13-14,16H,5-12H2,1H3. The molecule has 172 valence electrons. The van der Waals surface area contributed by atoms with Crippen LogP contribution in [-0.4, -0.2) is 70.8 Å². The number of amides is 2. The van der Waals surface area contributed by atoms with E-state index in [2.05, 4.69) is 5.10 Å². The van der Waals surface area contributed by atoms with E-state index >= 15 is 0 Å². The predicted molar refractivity (Wildman–Crippen MR) is 109 cm³/mol. The van der Waals surface area contributed by atoms with Crippen molar-refractivity contribution in [3.63, 3.8) is 0 Å². The van der Waals surface area contributed by atoms with Gasteiger partial charge in [-0.3, -0.25) is 9.59 Å². The first kappa shape index (κ1) is 22.3. The van der Waals surface area contributed by atoms with Crippen LogP contribution in [0, 0.1) is 12.8 Å². The van der Waals surface area contributed by atoms with E-state index < -0.39 is 11.7 Å². The zero-order chi connectivity index (χ0) is 22.9. The molecule has 1 aromatic carbocycles. The number of morpholine rings is 1. The Morgan fingerprint density at radius 1 is 1.06 bits per heavy atom. The fraction of sp³-hybridized carbons (Fsp3) is 0.500. The Morgan fingerprint density at radius 2 is 1.75 bits per heavy atom. The van der Waals surface area contributed by atoms with Gasteiger partial charge in [-0.15, -0.1) is 0 Å². The Bertz CT molecular complexity index is 991. The monoisotopic (exact) mass is 450 g/mol. The summed E-state index contributed by atoms with van der Waals surface area (Å²) in [4.78, 5) is 29.2. The third-order valence-corrected chi connectivity index (χ3v) is 6.11. The number of aromatic nitrogens is 2. The van der Waals surface area contributed by atoms with Crippen molar-refractivity contribution in [3.05, 3.63) is 47.3 Å². The van der Waals surface area contributed by atoms with Gasteiger partial charge in [0.05, 0.1) is 41.9 Å². The maximum Gasteiger partial charge on any atom is 0.416 e. The third kappa shape index (κ3) is 4.50. The van der Waals surface area contributed by atoms with Crippen LogP contribution in [0.1, 0.15) is 34.5 Å². The molecule has 0 spiro atoms. The highest BCUT2D eigenvalue weighted by Gasteiger charge is 2.33. The van der Waals surface area contributed by atoms with Gasteiger partial charge in [0.2, 0.25) is 5.91 Å². The Morgan fingerprint density at radius 3 is 2.41 bits per heavy atom. The highest BCUT2D eigenvalue weighted by Crippen LogP contribution is 2.31. The molecule has 2 amide bonds. The normalized spacial score (nSPS) is 18.1. The molecule has 2 aliphatic heterocycles. The predicted octanol–water partition coefficient (Wildman–Crippen LogP) is 2.91. The number of carbonyl (C=O) groups is 2. The SMILES string of the molecule is Cc1c(C(=O)N2CCC(C(=O)N3CCOCC3)CC2)cnn1-c1cccc(C(F)(F)F)c1. The molecule has 0 N–H and O–H groups in total. The first-order chi connectivity index (χ1) is 15.3. The van der Waals surface area contributed by atoms with Crippen molar-refractivity contribution < 1.29 is 27.5 Å². The van der Waals surface area contributed by atoms with Crippen LogP contribution in [0.4, 0.5) is 13.2 Å². The second-order valence-corrected chi connectivity index (χ2v) is 8.11. The molecule has 0 unspecified atom stereocenters. The van der Waals surface area contributed by atoms with Crippen LogP contribution < -0.4 is 0 Å². The van der Waals surface area contributed by atoms with Gasteiger partial charge in [-0.05, 0) is 38.0 Å². The zero-order valence-electron chi connectivity index (χ0n) is 17.8. The van der Waals surface area contributed by atoms with Crippen molar-refractivity contribution in [1.29, 1.82) is 0 Å². The Labute approximate surface area is 183 Å². The van der Waals surface area contributed by atoms with Gasteiger partial charge in [-0.25, -0.2) is 4.68 Å². The molecule has 10 heteroatoms. The zero-order valence-corrected chi connectivity index (χ0v) is 17.8. The Balaban J connectivity index is 1.43. The number of ether oxygens (including phenoxy) is 1. The van der Waals surface area contributed by atoms with Crippen LogP contribution >= 0.6 is 0 Å². The van der Waals surface area contributed by atoms with E-state index in [0.717, 1.165) is 12.1 Å². The molecule has 0 aliphatic carbocycles. The van der Waals surface area contributed by atoms with Gasteiger partial charge < -0.3 is 14.5 Å². The first-order valence-corrected chi connectivity index (χ1v) is 10.6. The van der Waals surface area contributed by atoms with Crippen molar-refractivity contribution in [1.82, 2.24) is 19.6 Å². The minimum Gasteiger partial charge on any atom is -0.378 e. The number of rotatable bonds is 3. The van der Waals surface area contributed by atoms with E-state index in [-0.39, 0.29) is 23.4 Å². The molecule has 0 saturated carbocycles. The van der Waals surface area contributed by atoms with Crippen LogP contribution in [0.25, 0.3) is 5.69 Å². The van der Waals surface area contributed by atoms with Gasteiger partial charge in [0.1, 0.15) is 0 Å². The Kier molecular flexibility index (Phi) is 6.23. The summed E-state index contributed by atoms with van der Waals surface area (Å²) in [5, 5.41) is 4.16. The van der Waals surface area contributed by atoms with Gasteiger partial charge >= 0.3 is 6.18 Å². The molecular weight excluding hydrogens is 425 g/mol. The van der Waals surface area contributed by atoms with Crippen molar-refractivity contribution in [3.8, 4) is 5.69 Å². The topological polar surface area (TPSA) is 67.7 Å². The number of halogens is 3. The van der Waals surface area contributed by atoms with Crippen LogP contribution in [0.3, 0.4) is 0 Å². The van der Waals surface area contributed by atoms with Crippen LogP contribution in [0.5, 0.6) is 0 Å². The van der Waals surface area contributed by atoms with Crippen molar-refractivity contribution >= 4 is 11.8 Å².